The number of hydrogen-bond donors (Lipinski definition) is 7. The summed E-state index contributed by atoms with van der Waals surface area (Å²) >= 11 is 0. The molecule has 0 aliphatic carbocycles. The Morgan fingerprint density at radius 1 is 0.806 bits per heavy atom. The molecule has 0 radical (unpaired) electrons. The van der Waals surface area contributed by atoms with Crippen molar-refractivity contribution < 1.29 is 53.0 Å². The smallest absolute Gasteiger partial charge is 0.329 e. The van der Waals surface area contributed by atoms with Crippen molar-refractivity contribution >= 4 is 53.2 Å². The molecule has 19 heteroatoms. The summed E-state index contributed by atoms with van der Waals surface area (Å²) in [5.41, 5.74) is 6.64. The molecule has 2 saturated heterocycles. The van der Waals surface area contributed by atoms with Crippen LogP contribution in [0.1, 0.15) is 91.7 Å². The maximum Gasteiger partial charge on any atom is 0.329 e. The fourth-order valence-electron chi connectivity index (χ4n) is 8.05. The molecule has 8 amide bonds. The van der Waals surface area contributed by atoms with Gasteiger partial charge in [0.2, 0.25) is 47.3 Å². The van der Waals surface area contributed by atoms with Crippen LogP contribution in [0.25, 0.3) is 0 Å². The first-order valence-electron chi connectivity index (χ1n) is 23.0. The summed E-state index contributed by atoms with van der Waals surface area (Å²) in [4.78, 5) is 128. The number of phenols is 1. The van der Waals surface area contributed by atoms with Gasteiger partial charge in [-0.2, -0.15) is 0 Å². The number of primary amides is 1. The third-order valence-corrected chi connectivity index (χ3v) is 11.9. The Kier molecular flexibility index (Phi) is 19.3. The highest BCUT2D eigenvalue weighted by Crippen LogP contribution is 2.23. The molecular formula is C48H68N8O11. The molecule has 366 valence electrons. The number of phenolic OH excluding ortho intramolecular Hbond substituents is 1. The molecule has 2 aliphatic heterocycles. The van der Waals surface area contributed by atoms with Crippen molar-refractivity contribution in [3.8, 4) is 5.75 Å². The number of benzene rings is 2. The molecule has 8 N–H and O–H groups in total. The zero-order chi connectivity index (χ0) is 49.7. The SMILES string of the molecule is CC(C)C[C@@H]1NC(=O)[C@@H](NC(=O)C(CCC(N)=O)NC(=O)C(C)C)[C@@H](C)OC(=O)C(C(C)C)NC(=O)[C@H](Cc2ccc(O)cc2)N(C)C(=O)[C@H](Cc2ccccc2)NC(=O)[C@@H]2CCCN2C1=O. The van der Waals surface area contributed by atoms with E-state index in [1.54, 1.807) is 70.2 Å². The molecule has 67 heavy (non-hydrogen) atoms. The van der Waals surface area contributed by atoms with Gasteiger partial charge in [0.05, 0.1) is 0 Å². The van der Waals surface area contributed by atoms with Crippen LogP contribution in [-0.2, 0) is 60.7 Å². The zero-order valence-corrected chi connectivity index (χ0v) is 39.7. The van der Waals surface area contributed by atoms with Gasteiger partial charge in [-0.15, -0.1) is 0 Å². The Morgan fingerprint density at radius 2 is 1.43 bits per heavy atom. The fraction of sp³-hybridized carbons (Fsp3) is 0.562. The Labute approximate surface area is 392 Å². The summed E-state index contributed by atoms with van der Waals surface area (Å²) < 4.78 is 5.89. The summed E-state index contributed by atoms with van der Waals surface area (Å²) in [7, 11) is 1.41. The molecule has 2 heterocycles. The minimum absolute atomic E-state index is 0.0203. The van der Waals surface area contributed by atoms with Gasteiger partial charge in [0.25, 0.3) is 0 Å². The second-order valence-electron chi connectivity index (χ2n) is 18.5. The first-order chi connectivity index (χ1) is 31.6. The third-order valence-electron chi connectivity index (χ3n) is 11.9. The van der Waals surface area contributed by atoms with Crippen LogP contribution in [0.2, 0.25) is 0 Å². The van der Waals surface area contributed by atoms with Gasteiger partial charge < -0.3 is 52.0 Å². The van der Waals surface area contributed by atoms with E-state index in [2.05, 4.69) is 26.6 Å². The number of carbonyl (C=O) groups excluding carboxylic acids is 9. The number of ether oxygens (including phenoxy) is 1. The maximum atomic E-state index is 14.8. The monoisotopic (exact) mass is 933 g/mol. The van der Waals surface area contributed by atoms with Crippen LogP contribution in [0.15, 0.2) is 54.6 Å². The Bertz CT molecular complexity index is 2100. The maximum absolute atomic E-state index is 14.8. The van der Waals surface area contributed by atoms with Gasteiger partial charge in [-0.1, -0.05) is 84.0 Å². The summed E-state index contributed by atoms with van der Waals surface area (Å²) in [6, 6.07) is 5.71. The summed E-state index contributed by atoms with van der Waals surface area (Å²) in [6.45, 7) is 11.6. The molecule has 19 nitrogen and oxygen atoms in total. The molecule has 8 atom stereocenters. The lowest BCUT2D eigenvalue weighted by atomic mass is 9.99. The predicted molar refractivity (Wildman–Crippen MR) is 246 cm³/mol. The molecular weight excluding hydrogens is 865 g/mol. The molecule has 0 spiro atoms. The van der Waals surface area contributed by atoms with Crippen LogP contribution >= 0.6 is 0 Å². The first kappa shape index (κ1) is 53.1. The van der Waals surface area contributed by atoms with Gasteiger partial charge in [-0.3, -0.25) is 38.4 Å². The van der Waals surface area contributed by atoms with Gasteiger partial charge in [0.1, 0.15) is 54.1 Å². The highest BCUT2D eigenvalue weighted by atomic mass is 16.5. The number of carbonyl (C=O) groups is 9. The molecule has 0 saturated carbocycles. The van der Waals surface area contributed by atoms with Crippen LogP contribution in [0.3, 0.4) is 0 Å². The minimum Gasteiger partial charge on any atom is -0.508 e. The number of cyclic esters (lactones) is 1. The van der Waals surface area contributed by atoms with E-state index in [0.717, 1.165) is 0 Å². The number of nitrogens with two attached hydrogens (primary N) is 1. The summed E-state index contributed by atoms with van der Waals surface area (Å²) in [6.07, 6.45) is -1.31. The number of aromatic hydroxyl groups is 1. The molecule has 0 bridgehead atoms. The lowest BCUT2D eigenvalue weighted by Crippen LogP contribution is -2.62. The van der Waals surface area contributed by atoms with E-state index in [0.29, 0.717) is 17.5 Å². The van der Waals surface area contributed by atoms with E-state index in [-0.39, 0.29) is 56.7 Å². The first-order valence-corrected chi connectivity index (χ1v) is 23.0. The molecule has 2 unspecified atom stereocenters. The van der Waals surface area contributed by atoms with E-state index < -0.39 is 113 Å². The number of nitrogens with zero attached hydrogens (tertiary/aromatic N) is 2. The van der Waals surface area contributed by atoms with E-state index in [1.807, 2.05) is 13.8 Å². The number of hydrogen-bond acceptors (Lipinski definition) is 11. The van der Waals surface area contributed by atoms with Crippen molar-refractivity contribution in [2.24, 2.45) is 23.5 Å². The number of amides is 8. The fourth-order valence-corrected chi connectivity index (χ4v) is 8.05. The van der Waals surface area contributed by atoms with Gasteiger partial charge in [0, 0.05) is 38.8 Å². The molecule has 0 aromatic heterocycles. The molecule has 2 fully saturated rings. The molecule has 2 aromatic carbocycles. The van der Waals surface area contributed by atoms with Crippen LogP contribution < -0.4 is 32.3 Å². The van der Waals surface area contributed by atoms with Crippen LogP contribution in [0, 0.1) is 17.8 Å². The normalized spacial score (nSPS) is 24.1. The number of rotatable bonds is 14. The number of likely N-dealkylation sites (N-methyl/N-ethyl adjacent to an activating group) is 1. The van der Waals surface area contributed by atoms with Gasteiger partial charge in [-0.05, 0) is 67.7 Å². The van der Waals surface area contributed by atoms with Crippen molar-refractivity contribution in [1.82, 2.24) is 36.4 Å². The van der Waals surface area contributed by atoms with Gasteiger partial charge >= 0.3 is 5.97 Å². The van der Waals surface area contributed by atoms with E-state index in [1.165, 1.54) is 35.9 Å². The van der Waals surface area contributed by atoms with Crippen molar-refractivity contribution in [3.63, 3.8) is 0 Å². The largest absolute Gasteiger partial charge is 0.508 e. The van der Waals surface area contributed by atoms with Crippen molar-refractivity contribution in [1.29, 1.82) is 0 Å². The second-order valence-corrected chi connectivity index (χ2v) is 18.5. The Balaban J connectivity index is 1.85. The zero-order valence-electron chi connectivity index (χ0n) is 39.7. The number of esters is 1. The second kappa shape index (κ2) is 24.3. The topological polar surface area (TPSA) is 276 Å². The van der Waals surface area contributed by atoms with Crippen molar-refractivity contribution in [2.45, 2.75) is 142 Å². The predicted octanol–water partition coefficient (Wildman–Crippen LogP) is 0.988. The van der Waals surface area contributed by atoms with E-state index in [9.17, 15) is 48.3 Å². The average Bonchev–Trinajstić information content (AvgIpc) is 3.77. The lowest BCUT2D eigenvalue weighted by molar-refractivity contribution is -0.158. The average molecular weight is 933 g/mol. The molecule has 2 aromatic rings. The van der Waals surface area contributed by atoms with Crippen molar-refractivity contribution in [3.05, 3.63) is 65.7 Å². The highest BCUT2D eigenvalue weighted by molar-refractivity contribution is 5.98. The van der Waals surface area contributed by atoms with Gasteiger partial charge in [0.15, 0.2) is 0 Å². The molecule has 2 aliphatic rings. The van der Waals surface area contributed by atoms with E-state index in [4.69, 9.17) is 10.5 Å². The number of nitrogens with one attached hydrogen (secondary N) is 5. The molecule has 4 rings (SSSR count). The van der Waals surface area contributed by atoms with Crippen LogP contribution in [-0.4, -0.2) is 130 Å². The summed E-state index contributed by atoms with van der Waals surface area (Å²) in [5.74, 6) is -8.15. The Morgan fingerprint density at radius 3 is 2.03 bits per heavy atom. The minimum atomic E-state index is -1.71. The van der Waals surface area contributed by atoms with Crippen LogP contribution in [0.5, 0.6) is 5.75 Å². The highest BCUT2D eigenvalue weighted by Gasteiger charge is 2.43. The van der Waals surface area contributed by atoms with E-state index >= 15 is 0 Å². The Hall–Kier alpha value is -6.53. The summed E-state index contributed by atoms with van der Waals surface area (Å²) in [5, 5.41) is 23.5. The van der Waals surface area contributed by atoms with Gasteiger partial charge in [-0.25, -0.2) is 4.79 Å². The lowest BCUT2D eigenvalue weighted by Gasteiger charge is -2.33. The third kappa shape index (κ3) is 15.0. The van der Waals surface area contributed by atoms with Crippen LogP contribution in [0.4, 0.5) is 0 Å². The van der Waals surface area contributed by atoms with Crippen molar-refractivity contribution in [2.75, 3.05) is 13.6 Å². The number of fused-ring (bicyclic) bond motifs is 1. The standard InChI is InChI=1S/C48H68N8O11/c1-26(2)23-34-47(65)56-22-12-15-36(56)43(61)51-35(24-30-13-10-9-11-14-30)46(64)55(8)37(25-31-16-18-32(57)19-17-31)44(62)53-39(27(3)4)48(66)67-29(7)40(45(63)52-34)54-42(60)33(20-21-38(49)58)50-41(59)28(5)6/h9-11,13-14,16-19,26-29,33-37,39-40,57H,12,15,20-25H2,1-8H3,(H2,49,58)(H,50,59)(H,51,61)(H,52,63)(H,53,62)(H,54,60)/t29-,33?,34+,35+,36+,37+,39?,40+/m1/s1. The quantitative estimate of drug-likeness (QED) is 0.131.